The third kappa shape index (κ3) is 7.35. The van der Waals surface area contributed by atoms with Gasteiger partial charge in [-0.05, 0) is 49.1 Å². The molecule has 0 aliphatic heterocycles. The predicted octanol–water partition coefficient (Wildman–Crippen LogP) is 6.16. The number of carboxylic acids is 1. The maximum absolute atomic E-state index is 10.8. The van der Waals surface area contributed by atoms with Crippen LogP contribution in [0.25, 0.3) is 0 Å². The van der Waals surface area contributed by atoms with Gasteiger partial charge in [0.2, 0.25) is 0 Å². The summed E-state index contributed by atoms with van der Waals surface area (Å²) in [5.74, 6) is 0.657. The summed E-state index contributed by atoms with van der Waals surface area (Å²) < 4.78 is 5.96. The molecule has 0 heterocycles. The molecule has 0 saturated heterocycles. The van der Waals surface area contributed by atoms with E-state index in [0.29, 0.717) is 47.1 Å². The van der Waals surface area contributed by atoms with E-state index >= 15 is 0 Å². The maximum atomic E-state index is 10.8. The summed E-state index contributed by atoms with van der Waals surface area (Å²) in [6.07, 6.45) is 3.61. The fourth-order valence-corrected chi connectivity index (χ4v) is 4.53. The van der Waals surface area contributed by atoms with Crippen LogP contribution in [0.3, 0.4) is 0 Å². The summed E-state index contributed by atoms with van der Waals surface area (Å²) in [6.45, 7) is 4.50. The van der Waals surface area contributed by atoms with Crippen molar-refractivity contribution in [1.29, 1.82) is 0 Å². The van der Waals surface area contributed by atoms with Crippen molar-refractivity contribution in [3.05, 3.63) is 52.0 Å². The minimum absolute atomic E-state index is 0.0473. The first-order chi connectivity index (χ1) is 15.4. The average Bonchev–Trinajstić information content (AvgIpc) is 2.75. The van der Waals surface area contributed by atoms with Gasteiger partial charge in [-0.1, -0.05) is 49.5 Å². The number of rotatable bonds is 13. The Hall–Kier alpha value is -2.38. The number of phenols is 1. The van der Waals surface area contributed by atoms with Crippen LogP contribution in [-0.2, 0) is 17.6 Å². The van der Waals surface area contributed by atoms with Gasteiger partial charge in [0.15, 0.2) is 0 Å². The van der Waals surface area contributed by atoms with Gasteiger partial charge in [-0.15, -0.1) is 11.8 Å². The Morgan fingerprint density at radius 2 is 1.97 bits per heavy atom. The number of thioether (sulfide) groups is 1. The molecule has 32 heavy (non-hydrogen) atoms. The molecular weight excluding hydrogens is 450 g/mol. The summed E-state index contributed by atoms with van der Waals surface area (Å²) in [6, 6.07) is 8.88. The minimum atomic E-state index is -0.884. The van der Waals surface area contributed by atoms with Gasteiger partial charge in [-0.2, -0.15) is 0 Å². The van der Waals surface area contributed by atoms with Crippen LogP contribution in [0.4, 0.5) is 0 Å². The van der Waals surface area contributed by atoms with Crippen molar-refractivity contribution in [2.45, 2.75) is 57.3 Å². The molecule has 174 valence electrons. The Morgan fingerprint density at radius 1 is 1.19 bits per heavy atom. The molecule has 3 N–H and O–H groups in total. The molecule has 0 amide bonds. The Labute approximate surface area is 198 Å². The SMILES string of the molecule is CCCC(=NO)c1ccc(OCCCSc2ccc(CC(=O)O)cc2Cl)c(CCC)c1O. The Morgan fingerprint density at radius 3 is 2.59 bits per heavy atom. The van der Waals surface area contributed by atoms with Crippen LogP contribution in [0.1, 0.15) is 56.2 Å². The lowest BCUT2D eigenvalue weighted by atomic mass is 9.98. The zero-order valence-corrected chi connectivity index (χ0v) is 20.0. The third-order valence-corrected chi connectivity index (χ3v) is 6.40. The van der Waals surface area contributed by atoms with Crippen molar-refractivity contribution in [3.8, 4) is 11.5 Å². The number of hydrogen-bond acceptors (Lipinski definition) is 6. The molecular formula is C24H30ClNO5S. The molecule has 0 radical (unpaired) electrons. The molecule has 0 bridgehead atoms. The molecule has 0 saturated carbocycles. The summed E-state index contributed by atoms with van der Waals surface area (Å²) in [7, 11) is 0. The standard InChI is InChI=1S/C24H30ClNO5S/c1-3-6-18-21(10-9-17(24(18)29)20(26-30)7-4-2)31-12-5-13-32-22-11-8-16(14-19(22)25)15-23(27)28/h8-11,14,29-30H,3-7,12-13,15H2,1-2H3,(H,27,28). The van der Waals surface area contributed by atoms with Gasteiger partial charge < -0.3 is 20.2 Å². The lowest BCUT2D eigenvalue weighted by Crippen LogP contribution is -2.06. The molecule has 8 heteroatoms. The summed E-state index contributed by atoms with van der Waals surface area (Å²) in [5.41, 5.74) is 2.42. The lowest BCUT2D eigenvalue weighted by Gasteiger charge is -2.16. The van der Waals surface area contributed by atoms with Crippen LogP contribution in [0.5, 0.6) is 11.5 Å². The highest BCUT2D eigenvalue weighted by Crippen LogP contribution is 2.34. The quantitative estimate of drug-likeness (QED) is 0.104. The summed E-state index contributed by atoms with van der Waals surface area (Å²) in [5, 5.41) is 32.8. The van der Waals surface area contributed by atoms with Crippen molar-refractivity contribution in [2.24, 2.45) is 5.16 Å². The molecule has 6 nitrogen and oxygen atoms in total. The first kappa shape index (κ1) is 25.9. The van der Waals surface area contributed by atoms with Crippen LogP contribution in [0, 0.1) is 0 Å². The van der Waals surface area contributed by atoms with Crippen molar-refractivity contribution in [3.63, 3.8) is 0 Å². The van der Waals surface area contributed by atoms with E-state index in [1.807, 2.05) is 26.0 Å². The van der Waals surface area contributed by atoms with Gasteiger partial charge in [0.1, 0.15) is 11.5 Å². The van der Waals surface area contributed by atoms with Crippen molar-refractivity contribution in [2.75, 3.05) is 12.4 Å². The molecule has 0 spiro atoms. The number of oxime groups is 1. The van der Waals surface area contributed by atoms with Crippen LogP contribution in [0.2, 0.25) is 5.02 Å². The fraction of sp³-hybridized carbons (Fsp3) is 0.417. The normalized spacial score (nSPS) is 11.5. The monoisotopic (exact) mass is 479 g/mol. The van der Waals surface area contributed by atoms with Gasteiger partial charge in [-0.3, -0.25) is 4.79 Å². The number of nitrogens with zero attached hydrogens (tertiary/aromatic N) is 1. The second kappa shape index (κ2) is 13.2. The highest BCUT2D eigenvalue weighted by molar-refractivity contribution is 7.99. The molecule has 0 unspecified atom stereocenters. The van der Waals surface area contributed by atoms with E-state index < -0.39 is 5.97 Å². The molecule has 0 aliphatic rings. The van der Waals surface area contributed by atoms with Crippen LogP contribution >= 0.6 is 23.4 Å². The first-order valence-electron chi connectivity index (χ1n) is 10.7. The van der Waals surface area contributed by atoms with Gasteiger partial charge in [-0.25, -0.2) is 0 Å². The number of halogens is 1. The predicted molar refractivity (Wildman–Crippen MR) is 129 cm³/mol. The van der Waals surface area contributed by atoms with E-state index in [1.54, 1.807) is 30.0 Å². The molecule has 0 aliphatic carbocycles. The zero-order chi connectivity index (χ0) is 23.5. The highest BCUT2D eigenvalue weighted by atomic mass is 35.5. The topological polar surface area (TPSA) is 99.4 Å². The van der Waals surface area contributed by atoms with Crippen LogP contribution in [-0.4, -0.2) is 39.5 Å². The van der Waals surface area contributed by atoms with Crippen molar-refractivity contribution >= 4 is 35.0 Å². The Kier molecular flexibility index (Phi) is 10.7. The average molecular weight is 480 g/mol. The summed E-state index contributed by atoms with van der Waals surface area (Å²) >= 11 is 7.86. The van der Waals surface area contributed by atoms with Gasteiger partial charge in [0.05, 0.1) is 23.8 Å². The third-order valence-electron chi connectivity index (χ3n) is 4.81. The number of phenolic OH excluding ortho intramolecular Hbond substituents is 1. The molecule has 2 aromatic carbocycles. The van der Waals surface area contributed by atoms with Crippen molar-refractivity contribution in [1.82, 2.24) is 0 Å². The fourth-order valence-electron chi connectivity index (χ4n) is 3.32. The minimum Gasteiger partial charge on any atom is -0.507 e. The number of hydrogen-bond donors (Lipinski definition) is 3. The van der Waals surface area contributed by atoms with Gasteiger partial charge in [0.25, 0.3) is 0 Å². The number of aliphatic carboxylic acids is 1. The smallest absolute Gasteiger partial charge is 0.307 e. The van der Waals surface area contributed by atoms with E-state index in [4.69, 9.17) is 21.4 Å². The van der Waals surface area contributed by atoms with Crippen molar-refractivity contribution < 1.29 is 25.0 Å². The van der Waals surface area contributed by atoms with Gasteiger partial charge >= 0.3 is 5.97 Å². The molecule has 0 fully saturated rings. The first-order valence-corrected chi connectivity index (χ1v) is 12.1. The number of benzene rings is 2. The number of carbonyl (C=O) groups is 1. The Bertz CT molecular complexity index is 948. The summed E-state index contributed by atoms with van der Waals surface area (Å²) in [4.78, 5) is 11.7. The number of carboxylic acid groups (broad SMARTS) is 1. The largest absolute Gasteiger partial charge is 0.507 e. The van der Waals surface area contributed by atoms with E-state index in [2.05, 4.69) is 5.16 Å². The molecule has 2 aromatic rings. The number of aromatic hydroxyl groups is 1. The number of ether oxygens (including phenoxy) is 1. The zero-order valence-electron chi connectivity index (χ0n) is 18.4. The van der Waals surface area contributed by atoms with Crippen LogP contribution < -0.4 is 4.74 Å². The Balaban J connectivity index is 1.96. The molecule has 0 atom stereocenters. The maximum Gasteiger partial charge on any atom is 0.307 e. The molecule has 2 rings (SSSR count). The van der Waals surface area contributed by atoms with E-state index in [0.717, 1.165) is 35.5 Å². The van der Waals surface area contributed by atoms with Gasteiger partial charge in [0, 0.05) is 21.8 Å². The second-order valence-electron chi connectivity index (χ2n) is 7.37. The lowest BCUT2D eigenvalue weighted by molar-refractivity contribution is -0.136. The van der Waals surface area contributed by atoms with E-state index in [-0.39, 0.29) is 12.2 Å². The van der Waals surface area contributed by atoms with E-state index in [1.165, 1.54) is 0 Å². The molecule has 0 aromatic heterocycles. The highest BCUT2D eigenvalue weighted by Gasteiger charge is 2.17. The van der Waals surface area contributed by atoms with Crippen LogP contribution in [0.15, 0.2) is 40.4 Å². The second-order valence-corrected chi connectivity index (χ2v) is 8.91. The van der Waals surface area contributed by atoms with E-state index in [9.17, 15) is 15.1 Å².